The third-order valence-electron chi connectivity index (χ3n) is 16.5. The maximum Gasteiger partial charge on any atom is 0.143 e. The van der Waals surface area contributed by atoms with Crippen molar-refractivity contribution >= 4 is 60.9 Å². The molecule has 0 saturated heterocycles. The Kier molecular flexibility index (Phi) is 7.73. The lowest BCUT2D eigenvalue weighted by atomic mass is 9.79. The zero-order valence-electron chi connectivity index (χ0n) is 39.9. The first-order valence-electron chi connectivity index (χ1n) is 24.2. The average Bonchev–Trinajstić information content (AvgIpc) is 4.09. The molecule has 0 amide bonds. The van der Waals surface area contributed by atoms with Crippen LogP contribution in [0.1, 0.15) is 86.1 Å². The van der Waals surface area contributed by atoms with Crippen molar-refractivity contribution in [2.75, 3.05) is 4.90 Å². The molecule has 11 aromatic rings. The molecule has 0 saturated carbocycles. The first-order chi connectivity index (χ1) is 32.8. The summed E-state index contributed by atoms with van der Waals surface area (Å²) in [6.07, 6.45) is 0. The summed E-state index contributed by atoms with van der Waals surface area (Å²) in [5.41, 5.74) is 27.4. The summed E-state index contributed by atoms with van der Waals surface area (Å²) in [5, 5.41) is 4.76. The minimum atomic E-state index is -0.286. The van der Waals surface area contributed by atoms with Gasteiger partial charge in [0.1, 0.15) is 22.3 Å². The Morgan fingerprint density at radius 1 is 0.368 bits per heavy atom. The van der Waals surface area contributed by atoms with Gasteiger partial charge in [0.05, 0.1) is 5.69 Å². The van der Waals surface area contributed by atoms with Gasteiger partial charge >= 0.3 is 0 Å². The van der Waals surface area contributed by atoms with Crippen LogP contribution in [0.4, 0.5) is 17.1 Å². The van der Waals surface area contributed by atoms with Crippen molar-refractivity contribution < 1.29 is 8.83 Å². The molecule has 0 fully saturated rings. The van der Waals surface area contributed by atoms with Crippen molar-refractivity contribution in [3.63, 3.8) is 0 Å². The first-order valence-corrected chi connectivity index (χ1v) is 24.2. The van der Waals surface area contributed by atoms with Crippen LogP contribution in [-0.2, 0) is 16.2 Å². The van der Waals surface area contributed by atoms with Crippen molar-refractivity contribution in [3.8, 4) is 44.5 Å². The molecule has 0 aliphatic heterocycles. The number of fused-ring (bicyclic) bond motifs is 17. The normalized spacial score (nSPS) is 15.4. The molecule has 3 aliphatic carbocycles. The summed E-state index contributed by atoms with van der Waals surface area (Å²) in [5.74, 6) is 0. The molecule has 0 radical (unpaired) electrons. The molecule has 0 spiro atoms. The van der Waals surface area contributed by atoms with E-state index in [1.165, 1.54) is 99.7 Å². The Balaban J connectivity index is 0.945. The Labute approximate surface area is 397 Å². The van der Waals surface area contributed by atoms with Crippen LogP contribution in [0, 0.1) is 13.8 Å². The van der Waals surface area contributed by atoms with Gasteiger partial charge in [-0.2, -0.15) is 0 Å². The van der Waals surface area contributed by atoms with Crippen LogP contribution in [0.2, 0.25) is 0 Å². The monoisotopic (exact) mass is 877 g/mol. The lowest BCUT2D eigenvalue weighted by molar-refractivity contribution is 0.651. The maximum atomic E-state index is 6.79. The summed E-state index contributed by atoms with van der Waals surface area (Å²) in [6, 6.07) is 60.9. The van der Waals surface area contributed by atoms with Crippen LogP contribution in [0.15, 0.2) is 173 Å². The van der Waals surface area contributed by atoms with Gasteiger partial charge in [-0.1, -0.05) is 145 Å². The van der Waals surface area contributed by atoms with Crippen LogP contribution >= 0.6 is 0 Å². The SMILES string of the molecule is Cc1cccc(C)c1N(c1ccc2c(c1)C(C)(C)c1cc3c(cc1-2)C(C)(C)c1ccc2oc4ccccc4c2c1-3)c1ccc2c(c1)C(C)(C)c1cc(-c3ccccc3)c3oc4ccccc4c3c1-2. The van der Waals surface area contributed by atoms with E-state index in [-0.39, 0.29) is 16.2 Å². The molecular formula is C65H51NO2. The molecule has 9 aromatic carbocycles. The first kappa shape index (κ1) is 39.5. The molecule has 0 atom stereocenters. The molecule has 3 heteroatoms. The molecule has 0 bridgehead atoms. The molecule has 0 unspecified atom stereocenters. The molecule has 0 N–H and O–H groups in total. The highest BCUT2D eigenvalue weighted by molar-refractivity contribution is 6.19. The number of hydrogen-bond donors (Lipinski definition) is 0. The van der Waals surface area contributed by atoms with Crippen LogP contribution in [0.25, 0.3) is 88.4 Å². The summed E-state index contributed by atoms with van der Waals surface area (Å²) in [4.78, 5) is 2.53. The largest absolute Gasteiger partial charge is 0.456 e. The van der Waals surface area contributed by atoms with Crippen molar-refractivity contribution in [1.82, 2.24) is 0 Å². The Hall–Kier alpha value is -7.62. The van der Waals surface area contributed by atoms with E-state index in [0.717, 1.165) is 50.2 Å². The van der Waals surface area contributed by atoms with Crippen LogP contribution in [-0.4, -0.2) is 0 Å². The molecule has 14 rings (SSSR count). The molecule has 3 nitrogen and oxygen atoms in total. The number of nitrogens with zero attached hydrogens (tertiary/aromatic N) is 1. The van der Waals surface area contributed by atoms with E-state index in [0.29, 0.717) is 0 Å². The van der Waals surface area contributed by atoms with Crippen molar-refractivity contribution in [3.05, 3.63) is 208 Å². The zero-order chi connectivity index (χ0) is 46.2. The summed E-state index contributed by atoms with van der Waals surface area (Å²) in [6.45, 7) is 18.9. The third kappa shape index (κ3) is 5.04. The quantitative estimate of drug-likeness (QED) is 0.176. The van der Waals surface area contributed by atoms with Crippen molar-refractivity contribution in [1.29, 1.82) is 0 Å². The molecule has 2 aromatic heterocycles. The topological polar surface area (TPSA) is 29.5 Å². The van der Waals surface area contributed by atoms with Gasteiger partial charge in [-0.25, -0.2) is 0 Å². The number of rotatable bonds is 4. The highest BCUT2D eigenvalue weighted by Gasteiger charge is 2.44. The fourth-order valence-corrected chi connectivity index (χ4v) is 13.0. The number of para-hydroxylation sites is 3. The number of anilines is 3. The number of furan rings is 2. The van der Waals surface area contributed by atoms with Crippen LogP contribution in [0.3, 0.4) is 0 Å². The lowest BCUT2D eigenvalue weighted by Crippen LogP contribution is -2.19. The molecular weight excluding hydrogens is 827 g/mol. The fraction of sp³-hybridized carbons (Fsp3) is 0.169. The summed E-state index contributed by atoms with van der Waals surface area (Å²) in [7, 11) is 0. The Bertz CT molecular complexity index is 4000. The van der Waals surface area contributed by atoms with E-state index in [2.05, 4.69) is 224 Å². The highest BCUT2D eigenvalue weighted by atomic mass is 16.3. The second kappa shape index (κ2) is 13.3. The predicted octanol–water partition coefficient (Wildman–Crippen LogP) is 18.2. The standard InChI is InChI=1S/C65H51NO2/c1-36-17-16-18-37(2)61(36)66(40-26-28-42-50(32-40)65(7,8)53-33-45(38-19-10-9-11-20-38)62-60(57(42)53)44-22-13-15-24-55(44)68-62)39-25-27-41-46-34-52-47(35-51(46)64(5,6)49(41)31-39)58-48(63(52,3)4)29-30-56-59(58)43-21-12-14-23-54(43)67-56/h9-35H,1-8H3. The second-order valence-corrected chi connectivity index (χ2v) is 21.3. The van der Waals surface area contributed by atoms with Gasteiger partial charge in [0.25, 0.3) is 0 Å². The van der Waals surface area contributed by atoms with Gasteiger partial charge in [-0.3, -0.25) is 0 Å². The van der Waals surface area contributed by atoms with E-state index >= 15 is 0 Å². The fourth-order valence-electron chi connectivity index (χ4n) is 13.0. The van der Waals surface area contributed by atoms with E-state index < -0.39 is 0 Å². The third-order valence-corrected chi connectivity index (χ3v) is 16.5. The van der Waals surface area contributed by atoms with E-state index in [4.69, 9.17) is 8.83 Å². The van der Waals surface area contributed by atoms with Gasteiger partial charge in [-0.05, 0) is 158 Å². The number of hydrogen-bond acceptors (Lipinski definition) is 3. The van der Waals surface area contributed by atoms with Gasteiger partial charge < -0.3 is 13.7 Å². The van der Waals surface area contributed by atoms with Crippen molar-refractivity contribution in [2.24, 2.45) is 0 Å². The van der Waals surface area contributed by atoms with Gasteiger partial charge in [0, 0.05) is 54.7 Å². The van der Waals surface area contributed by atoms with Crippen LogP contribution in [0.5, 0.6) is 0 Å². The lowest BCUT2D eigenvalue weighted by Gasteiger charge is -2.31. The van der Waals surface area contributed by atoms with E-state index in [9.17, 15) is 0 Å². The summed E-state index contributed by atoms with van der Waals surface area (Å²) < 4.78 is 13.3. The van der Waals surface area contributed by atoms with Gasteiger partial charge in [-0.15, -0.1) is 0 Å². The molecule has 68 heavy (non-hydrogen) atoms. The van der Waals surface area contributed by atoms with E-state index in [1.807, 2.05) is 0 Å². The number of benzene rings is 9. The predicted molar refractivity (Wildman–Crippen MR) is 283 cm³/mol. The van der Waals surface area contributed by atoms with Gasteiger partial charge in [0.15, 0.2) is 0 Å². The molecule has 328 valence electrons. The minimum Gasteiger partial charge on any atom is -0.456 e. The summed E-state index contributed by atoms with van der Waals surface area (Å²) >= 11 is 0. The van der Waals surface area contributed by atoms with Crippen molar-refractivity contribution in [2.45, 2.75) is 71.6 Å². The second-order valence-electron chi connectivity index (χ2n) is 21.3. The Morgan fingerprint density at radius 3 is 1.62 bits per heavy atom. The highest BCUT2D eigenvalue weighted by Crippen LogP contribution is 2.60. The average molecular weight is 878 g/mol. The number of aryl methyl sites for hydroxylation is 2. The Morgan fingerprint density at radius 2 is 0.897 bits per heavy atom. The minimum absolute atomic E-state index is 0.168. The zero-order valence-corrected chi connectivity index (χ0v) is 39.9. The maximum absolute atomic E-state index is 6.79. The van der Waals surface area contributed by atoms with Gasteiger partial charge in [0.2, 0.25) is 0 Å². The van der Waals surface area contributed by atoms with E-state index in [1.54, 1.807) is 0 Å². The van der Waals surface area contributed by atoms with Crippen LogP contribution < -0.4 is 4.90 Å². The molecule has 2 heterocycles. The molecule has 3 aliphatic rings. The smallest absolute Gasteiger partial charge is 0.143 e.